The fraction of sp³-hybridized carbons (Fsp3) is 0.417. The SMILES string of the molecule is CSC(C)(C)Cn1nnc2ccc(C(=O)O)cc21. The molecular weight excluding hydrogens is 250 g/mol. The standard InChI is InChI=1S/C12H15N3O2S/c1-12(2,18-3)7-15-10-6-8(11(16)17)4-5-9(10)13-14-15/h4-6H,7H2,1-3H3,(H,16,17). The van der Waals surface area contributed by atoms with Gasteiger partial charge in [0.15, 0.2) is 0 Å². The van der Waals surface area contributed by atoms with Crippen LogP contribution in [0.4, 0.5) is 0 Å². The Labute approximate surface area is 109 Å². The number of aromatic carboxylic acids is 1. The molecular formula is C12H15N3O2S. The number of hydrogen-bond donors (Lipinski definition) is 1. The van der Waals surface area contributed by atoms with Crippen LogP contribution in [-0.4, -0.2) is 37.1 Å². The van der Waals surface area contributed by atoms with Crippen molar-refractivity contribution in [3.8, 4) is 0 Å². The fourth-order valence-electron chi connectivity index (χ4n) is 1.64. The van der Waals surface area contributed by atoms with Gasteiger partial charge in [0.1, 0.15) is 5.52 Å². The van der Waals surface area contributed by atoms with E-state index in [1.165, 1.54) is 0 Å². The lowest BCUT2D eigenvalue weighted by molar-refractivity contribution is 0.0697. The van der Waals surface area contributed by atoms with Crippen molar-refractivity contribution < 1.29 is 9.90 Å². The second-order valence-electron chi connectivity index (χ2n) is 4.72. The van der Waals surface area contributed by atoms with Gasteiger partial charge in [0.2, 0.25) is 0 Å². The van der Waals surface area contributed by atoms with Crippen LogP contribution in [-0.2, 0) is 6.54 Å². The lowest BCUT2D eigenvalue weighted by atomic mass is 10.2. The van der Waals surface area contributed by atoms with E-state index < -0.39 is 5.97 Å². The average molecular weight is 265 g/mol. The molecule has 0 fully saturated rings. The van der Waals surface area contributed by atoms with E-state index in [1.54, 1.807) is 34.6 Å². The first-order chi connectivity index (χ1) is 8.43. The van der Waals surface area contributed by atoms with Crippen LogP contribution < -0.4 is 0 Å². The molecule has 1 N–H and O–H groups in total. The molecule has 18 heavy (non-hydrogen) atoms. The molecule has 5 nitrogen and oxygen atoms in total. The number of rotatable bonds is 4. The van der Waals surface area contributed by atoms with Crippen LogP contribution in [0.5, 0.6) is 0 Å². The molecule has 0 aliphatic heterocycles. The lowest BCUT2D eigenvalue weighted by Gasteiger charge is -2.21. The molecule has 0 saturated carbocycles. The molecule has 0 atom stereocenters. The summed E-state index contributed by atoms with van der Waals surface area (Å²) in [6.45, 7) is 4.92. The van der Waals surface area contributed by atoms with Gasteiger partial charge in [-0.1, -0.05) is 5.21 Å². The van der Waals surface area contributed by atoms with E-state index in [-0.39, 0.29) is 10.3 Å². The summed E-state index contributed by atoms with van der Waals surface area (Å²) >= 11 is 1.74. The number of aromatic nitrogens is 3. The molecule has 2 aromatic rings. The van der Waals surface area contributed by atoms with Crippen LogP contribution in [0.15, 0.2) is 18.2 Å². The lowest BCUT2D eigenvalue weighted by Crippen LogP contribution is -2.23. The Morgan fingerprint density at radius 2 is 2.22 bits per heavy atom. The van der Waals surface area contributed by atoms with Crippen molar-refractivity contribution in [2.24, 2.45) is 0 Å². The first-order valence-corrected chi connectivity index (χ1v) is 6.77. The second kappa shape index (κ2) is 4.61. The predicted molar refractivity (Wildman–Crippen MR) is 72.1 cm³/mol. The Kier molecular flexibility index (Phi) is 3.30. The molecule has 2 rings (SSSR count). The maximum atomic E-state index is 11.0. The highest BCUT2D eigenvalue weighted by Gasteiger charge is 2.19. The third-order valence-corrected chi connectivity index (χ3v) is 4.08. The highest BCUT2D eigenvalue weighted by atomic mass is 32.2. The number of carbonyl (C=O) groups is 1. The van der Waals surface area contributed by atoms with Crippen molar-refractivity contribution in [2.75, 3.05) is 6.26 Å². The Balaban J connectivity index is 2.45. The summed E-state index contributed by atoms with van der Waals surface area (Å²) in [6.07, 6.45) is 2.04. The molecule has 0 aliphatic carbocycles. The van der Waals surface area contributed by atoms with E-state index >= 15 is 0 Å². The summed E-state index contributed by atoms with van der Waals surface area (Å²) in [5, 5.41) is 17.1. The van der Waals surface area contributed by atoms with Gasteiger partial charge in [0.05, 0.1) is 17.6 Å². The smallest absolute Gasteiger partial charge is 0.335 e. The minimum absolute atomic E-state index is 0.0276. The molecule has 0 spiro atoms. The molecule has 0 bridgehead atoms. The summed E-state index contributed by atoms with van der Waals surface area (Å²) in [6, 6.07) is 4.85. The number of thioether (sulfide) groups is 1. The van der Waals surface area contributed by atoms with Gasteiger partial charge in [-0.25, -0.2) is 9.48 Å². The van der Waals surface area contributed by atoms with Gasteiger partial charge in [0.25, 0.3) is 0 Å². The van der Waals surface area contributed by atoms with E-state index in [2.05, 4.69) is 24.2 Å². The second-order valence-corrected chi connectivity index (χ2v) is 6.23. The molecule has 1 aromatic carbocycles. The number of hydrogen-bond acceptors (Lipinski definition) is 4. The van der Waals surface area contributed by atoms with Gasteiger partial charge < -0.3 is 5.11 Å². The third kappa shape index (κ3) is 2.48. The Morgan fingerprint density at radius 1 is 1.50 bits per heavy atom. The summed E-state index contributed by atoms with van der Waals surface area (Å²) in [4.78, 5) is 11.0. The van der Waals surface area contributed by atoms with Gasteiger partial charge in [-0.2, -0.15) is 11.8 Å². The summed E-state index contributed by atoms with van der Waals surface area (Å²) in [5.41, 5.74) is 1.74. The van der Waals surface area contributed by atoms with Gasteiger partial charge in [-0.3, -0.25) is 0 Å². The van der Waals surface area contributed by atoms with E-state index in [9.17, 15) is 4.79 Å². The first kappa shape index (κ1) is 12.9. The normalized spacial score (nSPS) is 11.9. The quantitative estimate of drug-likeness (QED) is 0.918. The summed E-state index contributed by atoms with van der Waals surface area (Å²) < 4.78 is 1.79. The van der Waals surface area contributed by atoms with Crippen LogP contribution >= 0.6 is 11.8 Å². The Bertz CT molecular complexity index is 592. The minimum Gasteiger partial charge on any atom is -0.478 e. The van der Waals surface area contributed by atoms with E-state index in [1.807, 2.05) is 6.26 Å². The first-order valence-electron chi connectivity index (χ1n) is 5.55. The van der Waals surface area contributed by atoms with Crippen molar-refractivity contribution >= 4 is 28.8 Å². The Hall–Kier alpha value is -1.56. The maximum absolute atomic E-state index is 11.0. The van der Waals surface area contributed by atoms with Crippen LogP contribution in [0.25, 0.3) is 11.0 Å². The largest absolute Gasteiger partial charge is 0.478 e. The molecule has 0 radical (unpaired) electrons. The number of carboxylic acids is 1. The molecule has 1 heterocycles. The van der Waals surface area contributed by atoms with Crippen molar-refractivity contribution in [1.82, 2.24) is 15.0 Å². The van der Waals surface area contributed by atoms with Gasteiger partial charge in [-0.15, -0.1) is 5.10 Å². The summed E-state index contributed by atoms with van der Waals surface area (Å²) in [7, 11) is 0. The molecule has 96 valence electrons. The van der Waals surface area contributed by atoms with Crippen LogP contribution in [0.2, 0.25) is 0 Å². The molecule has 0 amide bonds. The van der Waals surface area contributed by atoms with Crippen molar-refractivity contribution in [1.29, 1.82) is 0 Å². The van der Waals surface area contributed by atoms with Gasteiger partial charge in [-0.05, 0) is 38.3 Å². The van der Waals surface area contributed by atoms with Crippen molar-refractivity contribution in [3.63, 3.8) is 0 Å². The van der Waals surface area contributed by atoms with E-state index in [0.717, 1.165) is 11.0 Å². The third-order valence-electron chi connectivity index (χ3n) is 2.84. The van der Waals surface area contributed by atoms with Crippen LogP contribution in [0.3, 0.4) is 0 Å². The average Bonchev–Trinajstić information content (AvgIpc) is 2.71. The number of nitrogens with zero attached hydrogens (tertiary/aromatic N) is 3. The molecule has 0 unspecified atom stereocenters. The zero-order chi connectivity index (χ0) is 13.3. The van der Waals surface area contributed by atoms with Gasteiger partial charge >= 0.3 is 5.97 Å². The molecule has 0 saturated heterocycles. The van der Waals surface area contributed by atoms with Crippen LogP contribution in [0, 0.1) is 0 Å². The monoisotopic (exact) mass is 265 g/mol. The summed E-state index contributed by atoms with van der Waals surface area (Å²) in [5.74, 6) is -0.936. The van der Waals surface area contributed by atoms with Crippen molar-refractivity contribution in [2.45, 2.75) is 25.1 Å². The molecule has 0 aliphatic rings. The Morgan fingerprint density at radius 3 is 2.83 bits per heavy atom. The van der Waals surface area contributed by atoms with Crippen LogP contribution in [0.1, 0.15) is 24.2 Å². The highest BCUT2D eigenvalue weighted by molar-refractivity contribution is 7.99. The zero-order valence-corrected chi connectivity index (χ0v) is 11.4. The highest BCUT2D eigenvalue weighted by Crippen LogP contribution is 2.25. The maximum Gasteiger partial charge on any atom is 0.335 e. The van der Waals surface area contributed by atoms with Gasteiger partial charge in [0, 0.05) is 4.75 Å². The predicted octanol–water partition coefficient (Wildman–Crippen LogP) is 2.27. The van der Waals surface area contributed by atoms with E-state index in [0.29, 0.717) is 6.54 Å². The minimum atomic E-state index is -0.936. The number of carboxylic acid groups (broad SMARTS) is 1. The topological polar surface area (TPSA) is 68.0 Å². The zero-order valence-electron chi connectivity index (χ0n) is 10.5. The van der Waals surface area contributed by atoms with Crippen molar-refractivity contribution in [3.05, 3.63) is 23.8 Å². The molecule has 6 heteroatoms. The molecule has 1 aromatic heterocycles. The number of fused-ring (bicyclic) bond motifs is 1. The fourth-order valence-corrected chi connectivity index (χ4v) is 1.89. The van der Waals surface area contributed by atoms with E-state index in [4.69, 9.17) is 5.11 Å². The number of benzene rings is 1.